The SMILES string of the molecule is Cc1ccc(Br)c(-c2noc(N)c2-c2ccccc2F)c1. The molecule has 21 heavy (non-hydrogen) atoms. The minimum Gasteiger partial charge on any atom is -0.367 e. The summed E-state index contributed by atoms with van der Waals surface area (Å²) in [5.74, 6) is -0.263. The van der Waals surface area contributed by atoms with Crippen molar-refractivity contribution in [2.75, 3.05) is 5.73 Å². The van der Waals surface area contributed by atoms with Crippen molar-refractivity contribution in [3.8, 4) is 22.4 Å². The molecule has 0 saturated heterocycles. The number of nitrogens with zero attached hydrogens (tertiary/aromatic N) is 1. The van der Waals surface area contributed by atoms with Crippen molar-refractivity contribution in [1.82, 2.24) is 5.16 Å². The zero-order valence-corrected chi connectivity index (χ0v) is 12.8. The average Bonchev–Trinajstić information content (AvgIpc) is 2.84. The zero-order chi connectivity index (χ0) is 15.0. The molecule has 0 aliphatic carbocycles. The van der Waals surface area contributed by atoms with Crippen LogP contribution >= 0.6 is 15.9 Å². The molecule has 0 aliphatic rings. The van der Waals surface area contributed by atoms with Gasteiger partial charge >= 0.3 is 0 Å². The van der Waals surface area contributed by atoms with Gasteiger partial charge in [0.2, 0.25) is 5.88 Å². The van der Waals surface area contributed by atoms with Gasteiger partial charge in [0.15, 0.2) is 0 Å². The molecule has 2 N–H and O–H groups in total. The molecule has 1 heterocycles. The van der Waals surface area contributed by atoms with Gasteiger partial charge in [-0.3, -0.25) is 0 Å². The second kappa shape index (κ2) is 5.33. The van der Waals surface area contributed by atoms with Crippen LogP contribution in [0.2, 0.25) is 0 Å². The normalized spacial score (nSPS) is 10.8. The molecule has 0 atom stereocenters. The van der Waals surface area contributed by atoms with Gasteiger partial charge < -0.3 is 10.3 Å². The number of benzene rings is 2. The summed E-state index contributed by atoms with van der Waals surface area (Å²) in [4.78, 5) is 0. The van der Waals surface area contributed by atoms with E-state index in [0.717, 1.165) is 15.6 Å². The van der Waals surface area contributed by atoms with Crippen LogP contribution in [0.4, 0.5) is 10.3 Å². The lowest BCUT2D eigenvalue weighted by atomic mass is 9.99. The Kier molecular flexibility index (Phi) is 3.51. The highest BCUT2D eigenvalue weighted by Crippen LogP contribution is 2.40. The highest BCUT2D eigenvalue weighted by atomic mass is 79.9. The summed E-state index contributed by atoms with van der Waals surface area (Å²) < 4.78 is 20.0. The maximum Gasteiger partial charge on any atom is 0.230 e. The number of anilines is 1. The first-order chi connectivity index (χ1) is 10.1. The summed E-state index contributed by atoms with van der Waals surface area (Å²) in [6, 6.07) is 12.3. The second-order valence-corrected chi connectivity index (χ2v) is 5.59. The molecule has 0 radical (unpaired) electrons. The van der Waals surface area contributed by atoms with E-state index in [1.54, 1.807) is 18.2 Å². The van der Waals surface area contributed by atoms with E-state index in [9.17, 15) is 4.39 Å². The Labute approximate surface area is 129 Å². The van der Waals surface area contributed by atoms with E-state index in [0.29, 0.717) is 16.8 Å². The molecule has 0 bridgehead atoms. The van der Waals surface area contributed by atoms with E-state index in [4.69, 9.17) is 10.3 Å². The van der Waals surface area contributed by atoms with E-state index in [-0.39, 0.29) is 11.7 Å². The van der Waals surface area contributed by atoms with E-state index in [1.807, 2.05) is 25.1 Å². The number of hydrogen-bond donors (Lipinski definition) is 1. The quantitative estimate of drug-likeness (QED) is 0.724. The highest BCUT2D eigenvalue weighted by Gasteiger charge is 2.21. The zero-order valence-electron chi connectivity index (χ0n) is 11.2. The van der Waals surface area contributed by atoms with Crippen LogP contribution in [0, 0.1) is 12.7 Å². The Hall–Kier alpha value is -2.14. The van der Waals surface area contributed by atoms with E-state index < -0.39 is 0 Å². The van der Waals surface area contributed by atoms with Crippen molar-refractivity contribution in [1.29, 1.82) is 0 Å². The Balaban J connectivity index is 2.27. The van der Waals surface area contributed by atoms with E-state index in [2.05, 4.69) is 21.1 Å². The maximum absolute atomic E-state index is 14.1. The molecule has 0 saturated carbocycles. The molecule has 3 rings (SSSR count). The molecule has 1 aromatic heterocycles. The molecular formula is C16H12BrFN2O. The number of nitrogens with two attached hydrogens (primary N) is 1. The molecule has 0 unspecified atom stereocenters. The van der Waals surface area contributed by atoms with Gasteiger partial charge in [0.25, 0.3) is 0 Å². The minimum atomic E-state index is -0.363. The topological polar surface area (TPSA) is 52.0 Å². The van der Waals surface area contributed by atoms with Crippen LogP contribution in [0.5, 0.6) is 0 Å². The molecule has 0 fully saturated rings. The van der Waals surface area contributed by atoms with Crippen LogP contribution in [-0.2, 0) is 0 Å². The lowest BCUT2D eigenvalue weighted by Crippen LogP contribution is -1.91. The summed E-state index contributed by atoms with van der Waals surface area (Å²) >= 11 is 3.49. The van der Waals surface area contributed by atoms with Crippen molar-refractivity contribution in [3.05, 3.63) is 58.3 Å². The third-order valence-electron chi connectivity index (χ3n) is 3.24. The first-order valence-corrected chi connectivity index (χ1v) is 7.14. The van der Waals surface area contributed by atoms with Gasteiger partial charge in [-0.15, -0.1) is 0 Å². The molecular weight excluding hydrogens is 335 g/mol. The standard InChI is InChI=1S/C16H12BrFN2O/c1-9-6-7-12(17)11(8-9)15-14(16(19)21-20-15)10-4-2-3-5-13(10)18/h2-8H,19H2,1H3. The van der Waals surface area contributed by atoms with E-state index in [1.165, 1.54) is 6.07 Å². The molecule has 3 nitrogen and oxygen atoms in total. The molecule has 0 aliphatic heterocycles. The van der Waals surface area contributed by atoms with Gasteiger partial charge in [0.1, 0.15) is 11.5 Å². The monoisotopic (exact) mass is 346 g/mol. The van der Waals surface area contributed by atoms with Crippen LogP contribution < -0.4 is 5.73 Å². The third kappa shape index (κ3) is 2.45. The van der Waals surface area contributed by atoms with Gasteiger partial charge in [-0.2, -0.15) is 0 Å². The van der Waals surface area contributed by atoms with Crippen molar-refractivity contribution in [2.45, 2.75) is 6.92 Å². The van der Waals surface area contributed by atoms with Crippen LogP contribution in [0.1, 0.15) is 5.56 Å². The van der Waals surface area contributed by atoms with Gasteiger partial charge in [-0.25, -0.2) is 4.39 Å². The summed E-state index contributed by atoms with van der Waals surface area (Å²) in [7, 11) is 0. The van der Waals surface area contributed by atoms with Crippen LogP contribution in [0.3, 0.4) is 0 Å². The molecule has 3 aromatic rings. The van der Waals surface area contributed by atoms with Gasteiger partial charge in [-0.1, -0.05) is 50.9 Å². The molecule has 5 heteroatoms. The Morgan fingerprint density at radius 2 is 1.90 bits per heavy atom. The lowest BCUT2D eigenvalue weighted by molar-refractivity contribution is 0.439. The highest BCUT2D eigenvalue weighted by molar-refractivity contribution is 9.10. The Morgan fingerprint density at radius 1 is 1.14 bits per heavy atom. The van der Waals surface area contributed by atoms with Crippen LogP contribution in [-0.4, -0.2) is 5.16 Å². The fourth-order valence-corrected chi connectivity index (χ4v) is 2.67. The largest absolute Gasteiger partial charge is 0.367 e. The molecule has 0 spiro atoms. The smallest absolute Gasteiger partial charge is 0.230 e. The number of rotatable bonds is 2. The Morgan fingerprint density at radius 3 is 2.67 bits per heavy atom. The van der Waals surface area contributed by atoms with Crippen molar-refractivity contribution >= 4 is 21.8 Å². The fraction of sp³-hybridized carbons (Fsp3) is 0.0625. The first-order valence-electron chi connectivity index (χ1n) is 6.34. The first kappa shape index (κ1) is 13.8. The van der Waals surface area contributed by atoms with Crippen molar-refractivity contribution < 1.29 is 8.91 Å². The lowest BCUT2D eigenvalue weighted by Gasteiger charge is -2.06. The summed E-state index contributed by atoms with van der Waals surface area (Å²) in [6.45, 7) is 1.97. The summed E-state index contributed by atoms with van der Waals surface area (Å²) in [5.41, 5.74) is 9.10. The third-order valence-corrected chi connectivity index (χ3v) is 3.93. The molecule has 0 amide bonds. The van der Waals surface area contributed by atoms with Gasteiger partial charge in [0, 0.05) is 15.6 Å². The average molecular weight is 347 g/mol. The van der Waals surface area contributed by atoms with E-state index >= 15 is 0 Å². The number of hydrogen-bond acceptors (Lipinski definition) is 3. The van der Waals surface area contributed by atoms with Crippen LogP contribution in [0.15, 0.2) is 51.5 Å². The summed E-state index contributed by atoms with van der Waals surface area (Å²) in [6.07, 6.45) is 0. The van der Waals surface area contributed by atoms with Crippen molar-refractivity contribution in [3.63, 3.8) is 0 Å². The second-order valence-electron chi connectivity index (χ2n) is 4.73. The van der Waals surface area contributed by atoms with Crippen LogP contribution in [0.25, 0.3) is 22.4 Å². The minimum absolute atomic E-state index is 0.100. The maximum atomic E-state index is 14.1. The van der Waals surface area contributed by atoms with Gasteiger partial charge in [-0.05, 0) is 25.1 Å². The predicted molar refractivity (Wildman–Crippen MR) is 84.2 cm³/mol. The number of aromatic nitrogens is 1. The number of aryl methyl sites for hydroxylation is 1. The van der Waals surface area contributed by atoms with Crippen molar-refractivity contribution in [2.24, 2.45) is 0 Å². The number of nitrogen functional groups attached to an aromatic ring is 1. The van der Waals surface area contributed by atoms with Gasteiger partial charge in [0.05, 0.1) is 5.56 Å². The predicted octanol–water partition coefficient (Wildman–Crippen LogP) is 4.80. The Bertz CT molecular complexity index is 814. The summed E-state index contributed by atoms with van der Waals surface area (Å²) in [5, 5.41) is 4.01. The number of halogens is 2. The fourth-order valence-electron chi connectivity index (χ4n) is 2.23. The molecule has 2 aromatic carbocycles. The molecule has 106 valence electrons.